The molecule has 0 radical (unpaired) electrons. The number of hydrogen-bond acceptors (Lipinski definition) is 6. The first-order chi connectivity index (χ1) is 16.0. The number of amides is 1. The first kappa shape index (κ1) is 22.5. The van der Waals surface area contributed by atoms with Crippen molar-refractivity contribution in [2.75, 3.05) is 20.3 Å². The number of ether oxygens (including phenoxy) is 3. The third-order valence-corrected chi connectivity index (χ3v) is 5.88. The van der Waals surface area contributed by atoms with Crippen LogP contribution in [0.3, 0.4) is 0 Å². The molecule has 172 valence electrons. The summed E-state index contributed by atoms with van der Waals surface area (Å²) in [5.41, 5.74) is 3.54. The van der Waals surface area contributed by atoms with Crippen molar-refractivity contribution in [2.24, 2.45) is 0 Å². The van der Waals surface area contributed by atoms with E-state index in [9.17, 15) is 9.90 Å². The topological polar surface area (TPSA) is 81.1 Å². The normalized spacial score (nSPS) is 15.0. The summed E-state index contributed by atoms with van der Waals surface area (Å²) in [7, 11) is 1.52. The van der Waals surface area contributed by atoms with Gasteiger partial charge in [0.2, 0.25) is 0 Å². The Labute approximate surface area is 193 Å². The second-order valence-corrected chi connectivity index (χ2v) is 7.89. The maximum absolute atomic E-state index is 13.4. The van der Waals surface area contributed by atoms with E-state index in [1.54, 1.807) is 36.7 Å². The lowest BCUT2D eigenvalue weighted by Gasteiger charge is -2.35. The van der Waals surface area contributed by atoms with Gasteiger partial charge in [-0.1, -0.05) is 0 Å². The van der Waals surface area contributed by atoms with Gasteiger partial charge in [-0.2, -0.15) is 0 Å². The van der Waals surface area contributed by atoms with Crippen LogP contribution >= 0.6 is 0 Å². The minimum absolute atomic E-state index is 0.0816. The Morgan fingerprint density at radius 3 is 2.61 bits per heavy atom. The van der Waals surface area contributed by atoms with Crippen LogP contribution in [-0.2, 0) is 13.0 Å². The predicted octanol–water partition coefficient (Wildman–Crippen LogP) is 4.53. The SMILES string of the molecule is CCOc1cc(C(=O)N2CCc3cc(O)c(OC)cc3C2C)ccc1OCc1ccncc1. The number of methoxy groups -OCH3 is 1. The molecule has 1 aliphatic rings. The number of carbonyl (C=O) groups is 1. The van der Waals surface area contributed by atoms with Gasteiger partial charge in [0.25, 0.3) is 5.91 Å². The van der Waals surface area contributed by atoms with Crippen molar-refractivity contribution in [3.05, 3.63) is 77.1 Å². The minimum Gasteiger partial charge on any atom is -0.504 e. The Morgan fingerprint density at radius 1 is 1.09 bits per heavy atom. The average Bonchev–Trinajstić information content (AvgIpc) is 2.83. The van der Waals surface area contributed by atoms with Gasteiger partial charge in [0.15, 0.2) is 23.0 Å². The van der Waals surface area contributed by atoms with E-state index < -0.39 is 0 Å². The van der Waals surface area contributed by atoms with Crippen LogP contribution in [-0.4, -0.2) is 41.2 Å². The highest BCUT2D eigenvalue weighted by molar-refractivity contribution is 5.95. The second-order valence-electron chi connectivity index (χ2n) is 7.89. The number of carbonyl (C=O) groups excluding carboxylic acids is 1. The highest BCUT2D eigenvalue weighted by Gasteiger charge is 2.30. The summed E-state index contributed by atoms with van der Waals surface area (Å²) in [6.07, 6.45) is 4.10. The monoisotopic (exact) mass is 448 g/mol. The molecule has 4 rings (SSSR count). The summed E-state index contributed by atoms with van der Waals surface area (Å²) in [5.74, 6) is 1.56. The molecule has 1 aromatic heterocycles. The fourth-order valence-corrected chi connectivity index (χ4v) is 4.11. The number of fused-ring (bicyclic) bond motifs is 1. The van der Waals surface area contributed by atoms with Crippen molar-refractivity contribution in [1.82, 2.24) is 9.88 Å². The van der Waals surface area contributed by atoms with Gasteiger partial charge in [-0.3, -0.25) is 9.78 Å². The molecular weight excluding hydrogens is 420 g/mol. The average molecular weight is 449 g/mol. The van der Waals surface area contributed by atoms with Crippen LogP contribution in [0.5, 0.6) is 23.0 Å². The van der Waals surface area contributed by atoms with Crippen LogP contribution in [0.1, 0.15) is 46.9 Å². The molecule has 3 aromatic rings. The number of pyridine rings is 1. The van der Waals surface area contributed by atoms with E-state index >= 15 is 0 Å². The number of aromatic hydroxyl groups is 1. The lowest BCUT2D eigenvalue weighted by molar-refractivity contribution is 0.0676. The highest BCUT2D eigenvalue weighted by atomic mass is 16.5. The largest absolute Gasteiger partial charge is 0.504 e. The molecule has 33 heavy (non-hydrogen) atoms. The van der Waals surface area contributed by atoms with Gasteiger partial charge in [-0.25, -0.2) is 0 Å². The van der Waals surface area contributed by atoms with Crippen molar-refractivity contribution in [3.63, 3.8) is 0 Å². The summed E-state index contributed by atoms with van der Waals surface area (Å²) in [5, 5.41) is 10.1. The molecule has 1 atom stereocenters. The summed E-state index contributed by atoms with van der Waals surface area (Å²) in [4.78, 5) is 19.3. The van der Waals surface area contributed by atoms with Gasteiger partial charge in [-0.15, -0.1) is 0 Å². The van der Waals surface area contributed by atoms with Crippen LogP contribution < -0.4 is 14.2 Å². The molecule has 1 unspecified atom stereocenters. The smallest absolute Gasteiger partial charge is 0.254 e. The summed E-state index contributed by atoms with van der Waals surface area (Å²) >= 11 is 0. The summed E-state index contributed by atoms with van der Waals surface area (Å²) in [6.45, 7) is 5.28. The minimum atomic E-state index is -0.158. The number of benzene rings is 2. The molecule has 0 saturated heterocycles. The predicted molar refractivity (Wildman–Crippen MR) is 124 cm³/mol. The van der Waals surface area contributed by atoms with Gasteiger partial charge in [0.1, 0.15) is 6.61 Å². The van der Waals surface area contributed by atoms with Gasteiger partial charge in [0, 0.05) is 24.5 Å². The van der Waals surface area contributed by atoms with Crippen molar-refractivity contribution in [1.29, 1.82) is 0 Å². The summed E-state index contributed by atoms with van der Waals surface area (Å²) < 4.78 is 17.0. The molecule has 7 heteroatoms. The molecule has 0 saturated carbocycles. The van der Waals surface area contributed by atoms with Gasteiger partial charge in [-0.05, 0) is 79.4 Å². The maximum Gasteiger partial charge on any atom is 0.254 e. The molecule has 0 spiro atoms. The Morgan fingerprint density at radius 2 is 1.88 bits per heavy atom. The van der Waals surface area contributed by atoms with Crippen LogP contribution in [0.25, 0.3) is 0 Å². The fraction of sp³-hybridized carbons (Fsp3) is 0.308. The molecule has 0 bridgehead atoms. The van der Waals surface area contributed by atoms with Crippen molar-refractivity contribution in [2.45, 2.75) is 32.9 Å². The van der Waals surface area contributed by atoms with E-state index in [0.29, 0.717) is 49.0 Å². The first-order valence-electron chi connectivity index (χ1n) is 11.0. The van der Waals surface area contributed by atoms with Crippen LogP contribution in [0, 0.1) is 0 Å². The van der Waals surface area contributed by atoms with E-state index in [1.807, 2.05) is 36.9 Å². The van der Waals surface area contributed by atoms with E-state index in [2.05, 4.69) is 4.98 Å². The first-order valence-corrected chi connectivity index (χ1v) is 11.0. The van der Waals surface area contributed by atoms with Crippen LogP contribution in [0.2, 0.25) is 0 Å². The van der Waals surface area contributed by atoms with E-state index in [1.165, 1.54) is 7.11 Å². The standard InChI is InChI=1S/C26H28N2O5/c1-4-32-25-14-20(5-6-23(25)33-16-18-7-10-27-11-8-18)26(30)28-12-9-19-13-22(29)24(31-3)15-21(19)17(28)2/h5-8,10-11,13-15,17,29H,4,9,12,16H2,1-3H3. The van der Waals surface area contributed by atoms with Crippen molar-refractivity contribution >= 4 is 5.91 Å². The number of hydrogen-bond donors (Lipinski definition) is 1. The Balaban J connectivity index is 1.55. The maximum atomic E-state index is 13.4. The van der Waals surface area contributed by atoms with Crippen molar-refractivity contribution in [3.8, 4) is 23.0 Å². The zero-order valence-electron chi connectivity index (χ0n) is 19.1. The molecule has 7 nitrogen and oxygen atoms in total. The molecule has 2 heterocycles. The number of rotatable bonds is 7. The quantitative estimate of drug-likeness (QED) is 0.572. The third kappa shape index (κ3) is 4.72. The van der Waals surface area contributed by atoms with E-state index in [0.717, 1.165) is 16.7 Å². The van der Waals surface area contributed by atoms with E-state index in [-0.39, 0.29) is 17.7 Å². The van der Waals surface area contributed by atoms with Crippen LogP contribution in [0.4, 0.5) is 0 Å². The molecular formula is C26H28N2O5. The Bertz CT molecular complexity index is 1130. The molecule has 1 amide bonds. The zero-order chi connectivity index (χ0) is 23.4. The molecule has 1 N–H and O–H groups in total. The molecule has 0 fully saturated rings. The Kier molecular flexibility index (Phi) is 6.68. The second kappa shape index (κ2) is 9.81. The lowest BCUT2D eigenvalue weighted by atomic mass is 9.92. The fourth-order valence-electron chi connectivity index (χ4n) is 4.11. The number of nitrogens with zero attached hydrogens (tertiary/aromatic N) is 2. The van der Waals surface area contributed by atoms with Gasteiger partial charge < -0.3 is 24.2 Å². The molecule has 0 aliphatic carbocycles. The molecule has 1 aliphatic heterocycles. The number of phenolic OH excluding ortho intramolecular Hbond substituents is 1. The lowest BCUT2D eigenvalue weighted by Crippen LogP contribution is -2.38. The summed E-state index contributed by atoms with van der Waals surface area (Å²) in [6, 6.07) is 12.5. The van der Waals surface area contributed by atoms with E-state index in [4.69, 9.17) is 14.2 Å². The highest BCUT2D eigenvalue weighted by Crippen LogP contribution is 2.38. The van der Waals surface area contributed by atoms with Gasteiger partial charge in [0.05, 0.1) is 19.8 Å². The van der Waals surface area contributed by atoms with Crippen molar-refractivity contribution < 1.29 is 24.1 Å². The number of aromatic nitrogens is 1. The molecule has 2 aromatic carbocycles. The van der Waals surface area contributed by atoms with Crippen LogP contribution in [0.15, 0.2) is 54.9 Å². The van der Waals surface area contributed by atoms with Gasteiger partial charge >= 0.3 is 0 Å². The Hall–Kier alpha value is -3.74. The zero-order valence-corrected chi connectivity index (χ0v) is 19.1. The number of phenols is 1. The third-order valence-electron chi connectivity index (χ3n) is 5.88.